The highest BCUT2D eigenvalue weighted by Crippen LogP contribution is 2.35. The van der Waals surface area contributed by atoms with Gasteiger partial charge in [0, 0.05) is 42.3 Å². The van der Waals surface area contributed by atoms with Gasteiger partial charge in [-0.2, -0.15) is 0 Å². The first-order chi connectivity index (χ1) is 21.5. The summed E-state index contributed by atoms with van der Waals surface area (Å²) in [6.07, 6.45) is 4.97. The van der Waals surface area contributed by atoms with E-state index in [1.54, 1.807) is 6.33 Å². The molecule has 2 fully saturated rings. The van der Waals surface area contributed by atoms with Crippen LogP contribution in [0.1, 0.15) is 53.3 Å². The summed E-state index contributed by atoms with van der Waals surface area (Å²) < 4.78 is 3.09. The first kappa shape index (κ1) is 30.1. The van der Waals surface area contributed by atoms with Crippen LogP contribution in [0, 0.1) is 0 Å². The van der Waals surface area contributed by atoms with Crippen molar-refractivity contribution in [2.24, 2.45) is 0 Å². The zero-order valence-electron chi connectivity index (χ0n) is 24.7. The SMILES string of the molecule is O=C(O)N[C@H]1CCCC[C@@H]1n1cnc(C(=O)N2CCN(Cc3ccccc3)C[C@H]2Cc2ccccc2Br)c1-c1ccccc1. The summed E-state index contributed by atoms with van der Waals surface area (Å²) in [5.41, 5.74) is 4.50. The van der Waals surface area contributed by atoms with Crippen LogP contribution in [0.5, 0.6) is 0 Å². The van der Waals surface area contributed by atoms with Crippen LogP contribution in [0.25, 0.3) is 11.3 Å². The molecule has 4 aromatic rings. The maximum Gasteiger partial charge on any atom is 0.404 e. The Balaban J connectivity index is 1.35. The minimum atomic E-state index is -1.03. The van der Waals surface area contributed by atoms with Crippen molar-refractivity contribution in [3.05, 3.63) is 113 Å². The lowest BCUT2D eigenvalue weighted by atomic mass is 9.89. The van der Waals surface area contributed by atoms with Crippen molar-refractivity contribution in [3.8, 4) is 11.3 Å². The third-order valence-electron chi connectivity index (χ3n) is 8.93. The monoisotopic (exact) mass is 655 g/mol. The number of hydrogen-bond donors (Lipinski definition) is 2. The number of piperazine rings is 1. The number of benzene rings is 3. The standard InChI is InChI=1S/C35H38BrN5O3/c36-29-16-8-7-15-27(29)21-28-23-39(22-25-11-3-1-4-12-25)19-20-40(28)34(42)32-33(26-13-5-2-6-14-26)41(24-37-32)31-18-10-9-17-30(31)38-35(43)44/h1-8,11-16,24,28,30-31,38H,9-10,17-23H2,(H,43,44)/t28-,30+,31+/m1/s1. The molecular formula is C35H38BrN5O3. The van der Waals surface area contributed by atoms with E-state index in [4.69, 9.17) is 4.98 Å². The Morgan fingerprint density at radius 2 is 1.61 bits per heavy atom. The van der Waals surface area contributed by atoms with Gasteiger partial charge in [-0.15, -0.1) is 0 Å². The van der Waals surface area contributed by atoms with Gasteiger partial charge in [-0.1, -0.05) is 108 Å². The van der Waals surface area contributed by atoms with Gasteiger partial charge in [0.05, 0.1) is 24.1 Å². The van der Waals surface area contributed by atoms with E-state index in [2.05, 4.69) is 61.0 Å². The zero-order valence-corrected chi connectivity index (χ0v) is 26.3. The van der Waals surface area contributed by atoms with E-state index in [9.17, 15) is 14.7 Å². The van der Waals surface area contributed by atoms with E-state index < -0.39 is 6.09 Å². The Hall–Kier alpha value is -3.95. The lowest BCUT2D eigenvalue weighted by Gasteiger charge is -2.41. The fourth-order valence-corrected chi connectivity index (χ4v) is 7.27. The Kier molecular flexibility index (Phi) is 9.43. The molecule has 1 saturated heterocycles. The van der Waals surface area contributed by atoms with E-state index in [1.165, 1.54) is 5.56 Å². The number of amides is 2. The molecule has 6 rings (SSSR count). The van der Waals surface area contributed by atoms with Crippen LogP contribution in [-0.2, 0) is 13.0 Å². The second-order valence-electron chi connectivity index (χ2n) is 11.8. The topological polar surface area (TPSA) is 90.7 Å². The van der Waals surface area contributed by atoms with E-state index >= 15 is 0 Å². The van der Waals surface area contributed by atoms with Crippen molar-refractivity contribution in [1.29, 1.82) is 0 Å². The number of hydrogen-bond acceptors (Lipinski definition) is 4. The van der Waals surface area contributed by atoms with Crippen LogP contribution in [0.15, 0.2) is 95.7 Å². The molecule has 9 heteroatoms. The van der Waals surface area contributed by atoms with Crippen LogP contribution >= 0.6 is 15.9 Å². The molecule has 2 heterocycles. The van der Waals surface area contributed by atoms with Gasteiger partial charge in [-0.05, 0) is 36.5 Å². The van der Waals surface area contributed by atoms with Crippen LogP contribution in [0.4, 0.5) is 4.79 Å². The molecule has 44 heavy (non-hydrogen) atoms. The predicted octanol–water partition coefficient (Wildman–Crippen LogP) is 6.63. The second kappa shape index (κ2) is 13.8. The van der Waals surface area contributed by atoms with Crippen molar-refractivity contribution >= 4 is 27.9 Å². The second-order valence-corrected chi connectivity index (χ2v) is 12.6. The first-order valence-electron chi connectivity index (χ1n) is 15.4. The quantitative estimate of drug-likeness (QED) is 0.222. The number of carbonyl (C=O) groups excluding carboxylic acids is 1. The van der Waals surface area contributed by atoms with E-state index in [1.807, 2.05) is 59.5 Å². The molecule has 0 unspecified atom stereocenters. The first-order valence-corrected chi connectivity index (χ1v) is 16.2. The van der Waals surface area contributed by atoms with Gasteiger partial charge >= 0.3 is 6.09 Å². The van der Waals surface area contributed by atoms with Gasteiger partial charge in [0.25, 0.3) is 5.91 Å². The maximum atomic E-state index is 14.6. The number of halogens is 1. The Morgan fingerprint density at radius 1 is 0.909 bits per heavy atom. The fourth-order valence-electron chi connectivity index (χ4n) is 6.82. The molecule has 0 spiro atoms. The molecule has 2 N–H and O–H groups in total. The lowest BCUT2D eigenvalue weighted by molar-refractivity contribution is 0.0434. The summed E-state index contributed by atoms with van der Waals surface area (Å²) in [5, 5.41) is 12.3. The normalized spacial score (nSPS) is 20.8. The van der Waals surface area contributed by atoms with Gasteiger partial charge in [-0.25, -0.2) is 9.78 Å². The molecule has 0 bridgehead atoms. The summed E-state index contributed by atoms with van der Waals surface area (Å²) in [6, 6.07) is 28.2. The summed E-state index contributed by atoms with van der Waals surface area (Å²) in [6.45, 7) is 2.94. The number of nitrogens with one attached hydrogen (secondary N) is 1. The molecule has 1 aliphatic heterocycles. The molecule has 2 aliphatic rings. The average Bonchev–Trinajstić information content (AvgIpc) is 3.48. The van der Waals surface area contributed by atoms with Crippen LogP contribution < -0.4 is 5.32 Å². The van der Waals surface area contributed by atoms with Gasteiger partial charge in [0.1, 0.15) is 0 Å². The number of carbonyl (C=O) groups is 2. The lowest BCUT2D eigenvalue weighted by Crippen LogP contribution is -2.55. The van der Waals surface area contributed by atoms with E-state index in [-0.39, 0.29) is 24.0 Å². The molecule has 1 aromatic heterocycles. The Bertz CT molecular complexity index is 1580. The van der Waals surface area contributed by atoms with Crippen molar-refractivity contribution < 1.29 is 14.7 Å². The van der Waals surface area contributed by atoms with Gasteiger partial charge < -0.3 is 19.9 Å². The number of rotatable bonds is 8. The third kappa shape index (κ3) is 6.74. The summed E-state index contributed by atoms with van der Waals surface area (Å²) in [5.74, 6) is -0.0856. The number of nitrogens with zero attached hydrogens (tertiary/aromatic N) is 4. The highest BCUT2D eigenvalue weighted by molar-refractivity contribution is 9.10. The minimum Gasteiger partial charge on any atom is -0.465 e. The van der Waals surface area contributed by atoms with Gasteiger partial charge in [0.2, 0.25) is 0 Å². The summed E-state index contributed by atoms with van der Waals surface area (Å²) >= 11 is 3.73. The Labute approximate surface area is 266 Å². The van der Waals surface area contributed by atoms with Crippen molar-refractivity contribution in [2.75, 3.05) is 19.6 Å². The molecule has 3 atom stereocenters. The van der Waals surface area contributed by atoms with E-state index in [0.29, 0.717) is 18.7 Å². The molecule has 3 aromatic carbocycles. The van der Waals surface area contributed by atoms with Crippen molar-refractivity contribution in [2.45, 2.75) is 56.8 Å². The molecule has 228 valence electrons. The molecule has 8 nitrogen and oxygen atoms in total. The van der Waals surface area contributed by atoms with Crippen molar-refractivity contribution in [1.82, 2.24) is 24.7 Å². The van der Waals surface area contributed by atoms with Crippen LogP contribution in [0.2, 0.25) is 0 Å². The molecular weight excluding hydrogens is 618 g/mol. The van der Waals surface area contributed by atoms with Gasteiger partial charge in [0.15, 0.2) is 5.69 Å². The Morgan fingerprint density at radius 3 is 2.36 bits per heavy atom. The molecule has 1 saturated carbocycles. The summed E-state index contributed by atoms with van der Waals surface area (Å²) in [7, 11) is 0. The van der Waals surface area contributed by atoms with Gasteiger partial charge in [-0.3, -0.25) is 9.69 Å². The summed E-state index contributed by atoms with van der Waals surface area (Å²) in [4.78, 5) is 35.5. The predicted molar refractivity (Wildman–Crippen MR) is 175 cm³/mol. The minimum absolute atomic E-state index is 0.0523. The van der Waals surface area contributed by atoms with E-state index in [0.717, 1.165) is 66.6 Å². The zero-order chi connectivity index (χ0) is 30.5. The highest BCUT2D eigenvalue weighted by Gasteiger charge is 2.36. The third-order valence-corrected chi connectivity index (χ3v) is 9.70. The van der Waals surface area contributed by atoms with Crippen LogP contribution in [0.3, 0.4) is 0 Å². The maximum absolute atomic E-state index is 14.6. The fraction of sp³-hybridized carbons (Fsp3) is 0.343. The van der Waals surface area contributed by atoms with Crippen LogP contribution in [-0.4, -0.2) is 68.2 Å². The average molecular weight is 657 g/mol. The number of carboxylic acid groups (broad SMARTS) is 1. The van der Waals surface area contributed by atoms with Crippen molar-refractivity contribution in [3.63, 3.8) is 0 Å². The number of imidazole rings is 1. The molecule has 1 aliphatic carbocycles. The molecule has 2 amide bonds. The highest BCUT2D eigenvalue weighted by atomic mass is 79.9. The smallest absolute Gasteiger partial charge is 0.404 e. The number of aromatic nitrogens is 2. The largest absolute Gasteiger partial charge is 0.465 e. The molecule has 0 radical (unpaired) electrons.